The fraction of sp³-hybridized carbons (Fsp3) is 0.200. The van der Waals surface area contributed by atoms with Gasteiger partial charge in [0.2, 0.25) is 5.91 Å². The first kappa shape index (κ1) is 11.5. The molecule has 1 amide bonds. The van der Waals surface area contributed by atoms with Crippen LogP contribution in [0.3, 0.4) is 0 Å². The number of methoxy groups -OCH3 is 1. The van der Waals surface area contributed by atoms with Crippen molar-refractivity contribution < 1.29 is 14.3 Å². The summed E-state index contributed by atoms with van der Waals surface area (Å²) in [7, 11) is 1.27. The molecule has 0 unspecified atom stereocenters. The smallest absolute Gasteiger partial charge is 0.339 e. The van der Waals surface area contributed by atoms with Gasteiger partial charge < -0.3 is 10.1 Å². The van der Waals surface area contributed by atoms with Gasteiger partial charge in [0, 0.05) is 11.9 Å². The van der Waals surface area contributed by atoms with Crippen LogP contribution in [0.1, 0.15) is 17.3 Å². The first-order valence-electron chi connectivity index (χ1n) is 4.20. The van der Waals surface area contributed by atoms with Crippen molar-refractivity contribution in [3.8, 4) is 0 Å². The second kappa shape index (κ2) is 4.79. The molecule has 1 rings (SSSR count). The van der Waals surface area contributed by atoms with Crippen LogP contribution in [0.5, 0.6) is 0 Å². The lowest BCUT2D eigenvalue weighted by molar-refractivity contribution is -0.114. The summed E-state index contributed by atoms with van der Waals surface area (Å²) in [4.78, 5) is 22.2. The Morgan fingerprint density at radius 3 is 2.60 bits per heavy atom. The van der Waals surface area contributed by atoms with Crippen LogP contribution in [0, 0.1) is 0 Å². The van der Waals surface area contributed by atoms with Crippen molar-refractivity contribution in [1.29, 1.82) is 0 Å². The number of anilines is 1. The summed E-state index contributed by atoms with van der Waals surface area (Å²) in [5, 5.41) is 2.94. The molecule has 0 atom stereocenters. The number of benzene rings is 1. The van der Waals surface area contributed by atoms with Crippen molar-refractivity contribution in [3.05, 3.63) is 28.8 Å². The van der Waals surface area contributed by atoms with Gasteiger partial charge in [-0.25, -0.2) is 4.79 Å². The number of esters is 1. The van der Waals surface area contributed by atoms with Gasteiger partial charge in [0.05, 0.1) is 18.4 Å². The monoisotopic (exact) mass is 227 g/mol. The maximum absolute atomic E-state index is 11.3. The van der Waals surface area contributed by atoms with Crippen molar-refractivity contribution in [2.75, 3.05) is 12.4 Å². The van der Waals surface area contributed by atoms with E-state index in [2.05, 4.69) is 10.1 Å². The molecule has 0 spiro atoms. The minimum Gasteiger partial charge on any atom is -0.465 e. The fourth-order valence-electron chi connectivity index (χ4n) is 1.10. The van der Waals surface area contributed by atoms with Crippen LogP contribution in [-0.2, 0) is 9.53 Å². The largest absolute Gasteiger partial charge is 0.465 e. The van der Waals surface area contributed by atoms with E-state index in [0.717, 1.165) is 0 Å². The highest BCUT2D eigenvalue weighted by molar-refractivity contribution is 6.31. The van der Waals surface area contributed by atoms with Crippen LogP contribution in [0.15, 0.2) is 18.2 Å². The van der Waals surface area contributed by atoms with Crippen molar-refractivity contribution in [3.63, 3.8) is 0 Å². The van der Waals surface area contributed by atoms with Gasteiger partial charge >= 0.3 is 5.97 Å². The molecule has 0 saturated carbocycles. The molecule has 0 fully saturated rings. The zero-order chi connectivity index (χ0) is 11.4. The summed E-state index contributed by atoms with van der Waals surface area (Å²) in [5.41, 5.74) is 0.624. The third kappa shape index (κ3) is 2.95. The fourth-order valence-corrected chi connectivity index (χ4v) is 1.27. The van der Waals surface area contributed by atoms with Crippen LogP contribution >= 0.6 is 11.6 Å². The number of carbonyl (C=O) groups excluding carboxylic acids is 2. The molecule has 0 radical (unpaired) electrons. The highest BCUT2D eigenvalue weighted by atomic mass is 35.5. The molecule has 0 aromatic heterocycles. The number of ether oxygens (including phenoxy) is 1. The quantitative estimate of drug-likeness (QED) is 0.787. The van der Waals surface area contributed by atoms with Crippen LogP contribution < -0.4 is 5.32 Å². The molecule has 80 valence electrons. The highest BCUT2D eigenvalue weighted by Crippen LogP contribution is 2.21. The van der Waals surface area contributed by atoms with E-state index >= 15 is 0 Å². The summed E-state index contributed by atoms with van der Waals surface area (Å²) in [6.07, 6.45) is 0. The summed E-state index contributed by atoms with van der Waals surface area (Å²) in [5.74, 6) is -0.794. The Labute approximate surface area is 92.2 Å². The number of hydrogen-bond donors (Lipinski definition) is 1. The van der Waals surface area contributed by atoms with Gasteiger partial charge in [0.1, 0.15) is 0 Å². The third-order valence-electron chi connectivity index (χ3n) is 1.70. The number of rotatable bonds is 2. The van der Waals surface area contributed by atoms with E-state index in [9.17, 15) is 9.59 Å². The number of carbonyl (C=O) groups is 2. The second-order valence-corrected chi connectivity index (χ2v) is 3.30. The zero-order valence-corrected chi connectivity index (χ0v) is 9.09. The minimum atomic E-state index is -0.518. The van der Waals surface area contributed by atoms with E-state index in [1.165, 1.54) is 26.2 Å². The van der Waals surface area contributed by atoms with E-state index < -0.39 is 5.97 Å². The number of amides is 1. The Kier molecular flexibility index (Phi) is 3.68. The van der Waals surface area contributed by atoms with Crippen molar-refractivity contribution in [2.45, 2.75) is 6.92 Å². The Morgan fingerprint density at radius 2 is 2.07 bits per heavy atom. The first-order valence-corrected chi connectivity index (χ1v) is 4.58. The van der Waals surface area contributed by atoms with Crippen LogP contribution in [0.4, 0.5) is 5.69 Å². The van der Waals surface area contributed by atoms with Crippen molar-refractivity contribution in [1.82, 2.24) is 0 Å². The molecule has 0 saturated heterocycles. The lowest BCUT2D eigenvalue weighted by atomic mass is 10.2. The van der Waals surface area contributed by atoms with E-state index in [-0.39, 0.29) is 11.5 Å². The van der Waals surface area contributed by atoms with E-state index in [1.54, 1.807) is 6.07 Å². The van der Waals surface area contributed by atoms with Crippen LogP contribution in [0.2, 0.25) is 5.02 Å². The highest BCUT2D eigenvalue weighted by Gasteiger charge is 2.12. The van der Waals surface area contributed by atoms with E-state index in [0.29, 0.717) is 10.7 Å². The Bertz CT molecular complexity index is 404. The topological polar surface area (TPSA) is 55.4 Å². The third-order valence-corrected chi connectivity index (χ3v) is 1.93. The Morgan fingerprint density at radius 1 is 1.40 bits per heavy atom. The lowest BCUT2D eigenvalue weighted by Gasteiger charge is -2.08. The Balaban J connectivity index is 3.13. The summed E-state index contributed by atoms with van der Waals surface area (Å²) < 4.78 is 4.57. The molecule has 1 N–H and O–H groups in total. The maximum atomic E-state index is 11.3. The predicted octanol–water partition coefficient (Wildman–Crippen LogP) is 2.08. The molecule has 1 aromatic rings. The molecule has 15 heavy (non-hydrogen) atoms. The molecule has 0 aliphatic rings. The Hall–Kier alpha value is -1.55. The molecular formula is C10H10ClNO3. The predicted molar refractivity (Wildman–Crippen MR) is 57.1 cm³/mol. The molecule has 0 aliphatic carbocycles. The lowest BCUT2D eigenvalue weighted by Crippen LogP contribution is -2.11. The van der Waals surface area contributed by atoms with E-state index in [1.807, 2.05) is 0 Å². The molecule has 0 heterocycles. The summed E-state index contributed by atoms with van der Waals surface area (Å²) in [6, 6.07) is 4.55. The average molecular weight is 228 g/mol. The molecule has 4 nitrogen and oxygen atoms in total. The summed E-state index contributed by atoms with van der Waals surface area (Å²) >= 11 is 5.74. The normalized spacial score (nSPS) is 9.53. The van der Waals surface area contributed by atoms with Gasteiger partial charge in [-0.2, -0.15) is 0 Å². The van der Waals surface area contributed by atoms with Gasteiger partial charge in [-0.3, -0.25) is 4.79 Å². The van der Waals surface area contributed by atoms with Crippen LogP contribution in [-0.4, -0.2) is 19.0 Å². The molecule has 0 aliphatic heterocycles. The second-order valence-electron chi connectivity index (χ2n) is 2.86. The van der Waals surface area contributed by atoms with Gasteiger partial charge in [-0.15, -0.1) is 0 Å². The minimum absolute atomic E-state index is 0.275. The first-order chi connectivity index (χ1) is 7.04. The van der Waals surface area contributed by atoms with Crippen LogP contribution in [0.25, 0.3) is 0 Å². The van der Waals surface area contributed by atoms with Crippen molar-refractivity contribution >= 4 is 29.2 Å². The molecule has 5 heteroatoms. The van der Waals surface area contributed by atoms with Crippen molar-refractivity contribution in [2.24, 2.45) is 0 Å². The van der Waals surface area contributed by atoms with Gasteiger partial charge in [-0.1, -0.05) is 11.6 Å². The number of hydrogen-bond acceptors (Lipinski definition) is 3. The maximum Gasteiger partial charge on any atom is 0.339 e. The number of nitrogens with one attached hydrogen (secondary N) is 1. The molecular weight excluding hydrogens is 218 g/mol. The molecule has 1 aromatic carbocycles. The van der Waals surface area contributed by atoms with Gasteiger partial charge in [0.15, 0.2) is 0 Å². The zero-order valence-electron chi connectivity index (χ0n) is 8.33. The van der Waals surface area contributed by atoms with Gasteiger partial charge in [0.25, 0.3) is 0 Å². The summed E-state index contributed by atoms with van der Waals surface area (Å²) in [6.45, 7) is 1.35. The number of halogens is 1. The standard InChI is InChI=1S/C10H10ClNO3/c1-6(13)12-9-5-7(11)3-4-8(9)10(14)15-2/h3-5H,1-2H3,(H,12,13). The average Bonchev–Trinajstić information content (AvgIpc) is 2.16. The SMILES string of the molecule is COC(=O)c1ccc(Cl)cc1NC(C)=O. The molecule has 0 bridgehead atoms. The van der Waals surface area contributed by atoms with Gasteiger partial charge in [-0.05, 0) is 18.2 Å². The van der Waals surface area contributed by atoms with E-state index in [4.69, 9.17) is 11.6 Å².